The van der Waals surface area contributed by atoms with E-state index in [0.29, 0.717) is 18.3 Å². The zero-order chi connectivity index (χ0) is 16.2. The van der Waals surface area contributed by atoms with Gasteiger partial charge in [-0.3, -0.25) is 9.48 Å². The monoisotopic (exact) mass is 349 g/mol. The number of hydrogen-bond acceptors (Lipinski definition) is 3. The van der Waals surface area contributed by atoms with Gasteiger partial charge in [-0.25, -0.2) is 0 Å². The van der Waals surface area contributed by atoms with Crippen molar-refractivity contribution in [3.63, 3.8) is 0 Å². The lowest BCUT2D eigenvalue weighted by molar-refractivity contribution is -0.129. The van der Waals surface area contributed by atoms with Crippen molar-refractivity contribution < 1.29 is 4.79 Å². The van der Waals surface area contributed by atoms with Crippen LogP contribution in [-0.2, 0) is 24.1 Å². The lowest BCUT2D eigenvalue weighted by Gasteiger charge is -2.21. The highest BCUT2D eigenvalue weighted by Crippen LogP contribution is 2.29. The van der Waals surface area contributed by atoms with Gasteiger partial charge in [-0.15, -0.1) is 11.8 Å². The summed E-state index contributed by atoms with van der Waals surface area (Å²) < 4.78 is 1.77. The quantitative estimate of drug-likeness (QED) is 0.767. The largest absolute Gasteiger partial charge is 0.335 e. The number of nitrogens with zero attached hydrogens (tertiary/aromatic N) is 3. The van der Waals surface area contributed by atoms with Crippen LogP contribution in [0.1, 0.15) is 24.0 Å². The van der Waals surface area contributed by atoms with Crippen LogP contribution in [0.3, 0.4) is 0 Å². The predicted octanol–water partition coefficient (Wildman–Crippen LogP) is 3.50. The van der Waals surface area contributed by atoms with Crippen molar-refractivity contribution in [1.29, 1.82) is 0 Å². The Morgan fingerprint density at radius 1 is 1.43 bits per heavy atom. The van der Waals surface area contributed by atoms with Crippen molar-refractivity contribution >= 4 is 29.3 Å². The summed E-state index contributed by atoms with van der Waals surface area (Å²) in [6, 6.07) is 8.20. The van der Waals surface area contributed by atoms with Gasteiger partial charge in [0.05, 0.1) is 11.9 Å². The third kappa shape index (κ3) is 4.52. The molecular formula is C17H20ClN3OS. The van der Waals surface area contributed by atoms with Gasteiger partial charge < -0.3 is 4.90 Å². The summed E-state index contributed by atoms with van der Waals surface area (Å²) in [5, 5.41) is 4.94. The van der Waals surface area contributed by atoms with Crippen molar-refractivity contribution in [3.05, 3.63) is 52.8 Å². The average molecular weight is 350 g/mol. The lowest BCUT2D eigenvalue weighted by Crippen LogP contribution is -2.33. The number of carbonyl (C=O) groups excluding carboxylic acids is 1. The van der Waals surface area contributed by atoms with E-state index in [9.17, 15) is 4.79 Å². The maximum Gasteiger partial charge on any atom is 0.233 e. The number of hydrogen-bond donors (Lipinski definition) is 0. The SMILES string of the molecule is Cn1cc(CN(C(=O)CSCc2ccccc2Cl)C2CC2)cn1. The zero-order valence-corrected chi connectivity index (χ0v) is 14.7. The van der Waals surface area contributed by atoms with Crippen LogP contribution < -0.4 is 0 Å². The summed E-state index contributed by atoms with van der Waals surface area (Å²) in [6.07, 6.45) is 6.03. The Kier molecular flexibility index (Phi) is 5.28. The third-order valence-corrected chi connectivity index (χ3v) is 5.20. The van der Waals surface area contributed by atoms with Gasteiger partial charge in [-0.2, -0.15) is 5.10 Å². The topological polar surface area (TPSA) is 38.1 Å². The Morgan fingerprint density at radius 3 is 2.87 bits per heavy atom. The zero-order valence-electron chi connectivity index (χ0n) is 13.1. The van der Waals surface area contributed by atoms with Crippen LogP contribution in [0.15, 0.2) is 36.7 Å². The summed E-state index contributed by atoms with van der Waals surface area (Å²) in [4.78, 5) is 14.6. The van der Waals surface area contributed by atoms with Crippen LogP contribution in [0.4, 0.5) is 0 Å². The van der Waals surface area contributed by atoms with Crippen LogP contribution in [0.5, 0.6) is 0 Å². The first-order valence-corrected chi connectivity index (χ1v) is 9.25. The van der Waals surface area contributed by atoms with E-state index in [1.807, 2.05) is 48.6 Å². The molecule has 1 fully saturated rings. The number of amides is 1. The molecule has 122 valence electrons. The van der Waals surface area contributed by atoms with Gasteiger partial charge in [-0.1, -0.05) is 29.8 Å². The van der Waals surface area contributed by atoms with Crippen LogP contribution in [0.2, 0.25) is 5.02 Å². The molecule has 1 aliphatic rings. The molecule has 0 N–H and O–H groups in total. The molecule has 0 radical (unpaired) electrons. The standard InChI is InChI=1S/C17H20ClN3OS/c1-20-9-13(8-19-20)10-21(15-6-7-15)17(22)12-23-11-14-4-2-3-5-16(14)18/h2-5,8-9,15H,6-7,10-12H2,1H3. The molecule has 6 heteroatoms. The molecule has 1 amide bonds. The molecule has 1 heterocycles. The number of aryl methyl sites for hydroxylation is 1. The molecule has 0 spiro atoms. The second-order valence-electron chi connectivity index (χ2n) is 5.86. The Hall–Kier alpha value is -1.46. The highest BCUT2D eigenvalue weighted by atomic mass is 35.5. The molecule has 3 rings (SSSR count). The molecule has 0 aliphatic heterocycles. The first-order chi connectivity index (χ1) is 11.1. The van der Waals surface area contributed by atoms with Gasteiger partial charge in [0.1, 0.15) is 0 Å². The van der Waals surface area contributed by atoms with E-state index in [0.717, 1.165) is 34.7 Å². The molecule has 1 saturated carbocycles. The molecule has 23 heavy (non-hydrogen) atoms. The minimum Gasteiger partial charge on any atom is -0.335 e. The van der Waals surface area contributed by atoms with Gasteiger partial charge in [0.25, 0.3) is 0 Å². The van der Waals surface area contributed by atoms with Crippen LogP contribution in [0.25, 0.3) is 0 Å². The van der Waals surface area contributed by atoms with E-state index in [1.54, 1.807) is 16.4 Å². The highest BCUT2D eigenvalue weighted by Gasteiger charge is 2.32. The molecule has 2 aromatic rings. The van der Waals surface area contributed by atoms with E-state index in [2.05, 4.69) is 5.10 Å². The summed E-state index contributed by atoms with van der Waals surface area (Å²) in [6.45, 7) is 0.657. The van der Waals surface area contributed by atoms with Gasteiger partial charge in [-0.05, 0) is 24.5 Å². The fraction of sp³-hybridized carbons (Fsp3) is 0.412. The predicted molar refractivity (Wildman–Crippen MR) is 94.4 cm³/mol. The summed E-state index contributed by atoms with van der Waals surface area (Å²) in [5.41, 5.74) is 2.17. The normalized spacial score (nSPS) is 14.0. The fourth-order valence-corrected chi connectivity index (χ4v) is 3.70. The molecule has 4 nitrogen and oxygen atoms in total. The molecule has 0 unspecified atom stereocenters. The Balaban J connectivity index is 1.53. The van der Waals surface area contributed by atoms with E-state index in [-0.39, 0.29) is 5.91 Å². The molecular weight excluding hydrogens is 330 g/mol. The fourth-order valence-electron chi connectivity index (χ4n) is 2.50. The van der Waals surface area contributed by atoms with Crippen molar-refractivity contribution in [1.82, 2.24) is 14.7 Å². The number of halogens is 1. The van der Waals surface area contributed by atoms with Gasteiger partial charge >= 0.3 is 0 Å². The maximum absolute atomic E-state index is 12.6. The minimum atomic E-state index is 0.202. The third-order valence-electron chi connectivity index (χ3n) is 3.86. The van der Waals surface area contributed by atoms with Crippen molar-refractivity contribution in [3.8, 4) is 0 Å². The van der Waals surface area contributed by atoms with Crippen molar-refractivity contribution in [2.24, 2.45) is 7.05 Å². The summed E-state index contributed by atoms with van der Waals surface area (Å²) in [5.74, 6) is 1.45. The van der Waals surface area contributed by atoms with E-state index in [4.69, 9.17) is 11.6 Å². The molecule has 1 aromatic carbocycles. The Morgan fingerprint density at radius 2 is 2.22 bits per heavy atom. The van der Waals surface area contributed by atoms with Gasteiger partial charge in [0, 0.05) is 42.2 Å². The second kappa shape index (κ2) is 7.41. The molecule has 0 bridgehead atoms. The highest BCUT2D eigenvalue weighted by molar-refractivity contribution is 7.99. The van der Waals surface area contributed by atoms with E-state index < -0.39 is 0 Å². The van der Waals surface area contributed by atoms with Crippen LogP contribution in [-0.4, -0.2) is 32.4 Å². The smallest absolute Gasteiger partial charge is 0.233 e. The van der Waals surface area contributed by atoms with E-state index in [1.165, 1.54) is 0 Å². The second-order valence-corrected chi connectivity index (χ2v) is 7.25. The Bertz CT molecular complexity index is 684. The number of rotatable bonds is 7. The van der Waals surface area contributed by atoms with E-state index >= 15 is 0 Å². The van der Waals surface area contributed by atoms with Crippen LogP contribution >= 0.6 is 23.4 Å². The minimum absolute atomic E-state index is 0.202. The average Bonchev–Trinajstić information content (AvgIpc) is 3.29. The molecule has 1 aromatic heterocycles. The Labute approximate surface area is 145 Å². The first kappa shape index (κ1) is 16.4. The van der Waals surface area contributed by atoms with Crippen LogP contribution in [0, 0.1) is 0 Å². The van der Waals surface area contributed by atoms with Gasteiger partial charge in [0.2, 0.25) is 5.91 Å². The number of aromatic nitrogens is 2. The maximum atomic E-state index is 12.6. The summed E-state index contributed by atoms with van der Waals surface area (Å²) >= 11 is 7.78. The van der Waals surface area contributed by atoms with Crippen molar-refractivity contribution in [2.45, 2.75) is 31.2 Å². The van der Waals surface area contributed by atoms with Gasteiger partial charge in [0.15, 0.2) is 0 Å². The number of thioether (sulfide) groups is 1. The molecule has 0 saturated heterocycles. The number of carbonyl (C=O) groups is 1. The lowest BCUT2D eigenvalue weighted by atomic mass is 10.2. The first-order valence-electron chi connectivity index (χ1n) is 7.71. The molecule has 0 atom stereocenters. The van der Waals surface area contributed by atoms with Crippen molar-refractivity contribution in [2.75, 3.05) is 5.75 Å². The summed E-state index contributed by atoms with van der Waals surface area (Å²) in [7, 11) is 1.90. The number of benzene rings is 1. The molecule has 1 aliphatic carbocycles.